The molecule has 0 aliphatic heterocycles. The third kappa shape index (κ3) is 5.31. The molecule has 4 aromatic rings. The molecule has 0 unspecified atom stereocenters. The van der Waals surface area contributed by atoms with Crippen LogP contribution < -0.4 is 21.0 Å². The molecule has 0 saturated carbocycles. The summed E-state index contributed by atoms with van der Waals surface area (Å²) in [4.78, 5) is 48.9. The molecule has 0 fully saturated rings. The Balaban J connectivity index is 1.69. The third-order valence-electron chi connectivity index (χ3n) is 5.47. The van der Waals surface area contributed by atoms with E-state index in [0.717, 1.165) is 18.3 Å². The van der Waals surface area contributed by atoms with E-state index in [2.05, 4.69) is 26.0 Å². The molecular weight excluding hydrogens is 496 g/mol. The topological polar surface area (TPSA) is 189 Å². The molecule has 4 rings (SSSR count). The number of hydrogen-bond donors (Lipinski definition) is 4. The van der Waals surface area contributed by atoms with E-state index < -0.39 is 34.1 Å². The number of hydrazone groups is 1. The molecule has 0 bridgehead atoms. The fourth-order valence-electron chi connectivity index (χ4n) is 3.62. The number of benzene rings is 3. The van der Waals surface area contributed by atoms with E-state index in [-0.39, 0.29) is 33.6 Å². The zero-order valence-electron chi connectivity index (χ0n) is 19.7. The van der Waals surface area contributed by atoms with Crippen LogP contribution in [-0.4, -0.2) is 45.4 Å². The normalized spacial score (nSPS) is 11.7. The van der Waals surface area contributed by atoms with E-state index >= 15 is 0 Å². The minimum atomic E-state index is -1.41. The van der Waals surface area contributed by atoms with Crippen molar-refractivity contribution in [2.75, 3.05) is 7.11 Å². The number of amides is 2. The summed E-state index contributed by atoms with van der Waals surface area (Å²) >= 11 is 0. The molecule has 0 spiro atoms. The fraction of sp³-hybridized carbons (Fsp3) is 0.0800. The number of methoxy groups -OCH3 is 1. The highest BCUT2D eigenvalue weighted by Crippen LogP contribution is 2.33. The molecule has 1 aromatic heterocycles. The maximum Gasteiger partial charge on any atom is 0.274 e. The summed E-state index contributed by atoms with van der Waals surface area (Å²) in [6.45, 7) is 0. The van der Waals surface area contributed by atoms with Crippen molar-refractivity contribution in [2.45, 2.75) is 6.04 Å². The van der Waals surface area contributed by atoms with Gasteiger partial charge in [0, 0.05) is 22.6 Å². The fourth-order valence-corrected chi connectivity index (χ4v) is 3.62. The summed E-state index contributed by atoms with van der Waals surface area (Å²) in [5, 5.41) is 34.8. The predicted octanol–water partition coefficient (Wildman–Crippen LogP) is 2.17. The number of nitrogens with zero attached hydrogens (tertiary/aromatic N) is 3. The number of carbonyl (C=O) groups is 2. The van der Waals surface area contributed by atoms with Crippen LogP contribution in [0.4, 0.5) is 5.69 Å². The quantitative estimate of drug-likeness (QED) is 0.156. The zero-order chi connectivity index (χ0) is 27.2. The molecule has 38 heavy (non-hydrogen) atoms. The zero-order valence-corrected chi connectivity index (χ0v) is 19.7. The first kappa shape index (κ1) is 25.5. The van der Waals surface area contributed by atoms with Crippen LogP contribution in [-0.2, 0) is 4.79 Å². The molecule has 0 radical (unpaired) electrons. The van der Waals surface area contributed by atoms with Crippen LogP contribution in [0.25, 0.3) is 10.8 Å². The first-order valence-electron chi connectivity index (χ1n) is 11.0. The number of aromatic amines is 1. The number of nitro groups is 1. The van der Waals surface area contributed by atoms with Crippen molar-refractivity contribution < 1.29 is 24.4 Å². The van der Waals surface area contributed by atoms with Gasteiger partial charge in [-0.2, -0.15) is 10.2 Å². The van der Waals surface area contributed by atoms with E-state index in [4.69, 9.17) is 4.74 Å². The van der Waals surface area contributed by atoms with Crippen molar-refractivity contribution in [3.8, 4) is 11.5 Å². The molecule has 13 nitrogen and oxygen atoms in total. The standard InChI is InChI=1S/C25H20N6O7/c1-38-19-12-16(31(36)37)11-15(22(19)32)13-26-29-25(35)21(27-23(33)14-7-3-2-4-8-14)20-17-9-5-6-10-18(17)24(34)30-28-20/h2-13,21,32H,1H3,(H,27,33)(H,29,35)(H,30,34)/b26-13-/t21-/m1/s1. The average Bonchev–Trinajstić information content (AvgIpc) is 2.93. The Bertz CT molecular complexity index is 1620. The summed E-state index contributed by atoms with van der Waals surface area (Å²) in [7, 11) is 1.23. The Morgan fingerprint density at radius 2 is 1.82 bits per heavy atom. The van der Waals surface area contributed by atoms with Crippen LogP contribution in [0.5, 0.6) is 11.5 Å². The van der Waals surface area contributed by atoms with E-state index in [9.17, 15) is 29.6 Å². The number of non-ortho nitro benzene ring substituents is 1. The molecule has 2 amide bonds. The minimum absolute atomic E-state index is 0.0528. The molecule has 4 N–H and O–H groups in total. The van der Waals surface area contributed by atoms with Crippen LogP contribution >= 0.6 is 0 Å². The number of hydrogen-bond acceptors (Lipinski definition) is 9. The molecular formula is C25H20N6O7. The monoisotopic (exact) mass is 516 g/mol. The van der Waals surface area contributed by atoms with Crippen molar-refractivity contribution >= 4 is 34.5 Å². The number of nitrogens with one attached hydrogen (secondary N) is 3. The van der Waals surface area contributed by atoms with Gasteiger partial charge < -0.3 is 15.2 Å². The lowest BCUT2D eigenvalue weighted by atomic mass is 10.0. The summed E-state index contributed by atoms with van der Waals surface area (Å²) in [5.41, 5.74) is 1.61. The highest BCUT2D eigenvalue weighted by molar-refractivity contribution is 5.99. The first-order valence-corrected chi connectivity index (χ1v) is 11.0. The van der Waals surface area contributed by atoms with Gasteiger partial charge in [-0.15, -0.1) is 0 Å². The van der Waals surface area contributed by atoms with Crippen LogP contribution in [0.1, 0.15) is 27.7 Å². The minimum Gasteiger partial charge on any atom is -0.504 e. The Morgan fingerprint density at radius 3 is 2.50 bits per heavy atom. The van der Waals surface area contributed by atoms with Crippen molar-refractivity contribution in [3.05, 3.63) is 104 Å². The second-order valence-electron chi connectivity index (χ2n) is 7.83. The number of phenolic OH excluding ortho intramolecular Hbond substituents is 1. The number of phenols is 1. The molecule has 0 aliphatic carbocycles. The first-order chi connectivity index (χ1) is 18.3. The Labute approximate surface area is 213 Å². The third-order valence-corrected chi connectivity index (χ3v) is 5.47. The maximum atomic E-state index is 13.2. The van der Waals surface area contributed by atoms with Crippen molar-refractivity contribution in [3.63, 3.8) is 0 Å². The predicted molar refractivity (Wildman–Crippen MR) is 136 cm³/mol. The van der Waals surface area contributed by atoms with Gasteiger partial charge >= 0.3 is 0 Å². The second kappa shape index (κ2) is 11.0. The number of H-pyrrole nitrogens is 1. The lowest BCUT2D eigenvalue weighted by Crippen LogP contribution is -2.40. The van der Waals surface area contributed by atoms with Crippen LogP contribution in [0.3, 0.4) is 0 Å². The smallest absolute Gasteiger partial charge is 0.274 e. The number of carbonyl (C=O) groups excluding carboxylic acids is 2. The molecule has 3 aromatic carbocycles. The second-order valence-corrected chi connectivity index (χ2v) is 7.83. The van der Waals surface area contributed by atoms with Gasteiger partial charge in [0.1, 0.15) is 5.69 Å². The number of aromatic hydroxyl groups is 1. The number of fused-ring (bicyclic) bond motifs is 1. The maximum absolute atomic E-state index is 13.2. The van der Waals surface area contributed by atoms with Gasteiger partial charge in [0.25, 0.3) is 23.1 Å². The molecule has 192 valence electrons. The Hall–Kier alpha value is -5.59. The van der Waals surface area contributed by atoms with E-state index in [0.29, 0.717) is 5.39 Å². The lowest BCUT2D eigenvalue weighted by molar-refractivity contribution is -0.385. The largest absolute Gasteiger partial charge is 0.504 e. The van der Waals surface area contributed by atoms with Gasteiger partial charge in [0.15, 0.2) is 17.5 Å². The van der Waals surface area contributed by atoms with Gasteiger partial charge in [-0.1, -0.05) is 36.4 Å². The molecule has 1 atom stereocenters. The average molecular weight is 516 g/mol. The van der Waals surface area contributed by atoms with Crippen molar-refractivity contribution in [2.24, 2.45) is 5.10 Å². The summed E-state index contributed by atoms with van der Waals surface area (Å²) in [5.74, 6) is -2.03. The van der Waals surface area contributed by atoms with Crippen molar-refractivity contribution in [1.29, 1.82) is 0 Å². The van der Waals surface area contributed by atoms with Crippen LogP contribution in [0, 0.1) is 10.1 Å². The van der Waals surface area contributed by atoms with Gasteiger partial charge in [0.05, 0.1) is 29.7 Å². The van der Waals surface area contributed by atoms with E-state index in [1.807, 2.05) is 0 Å². The molecule has 0 saturated heterocycles. The Morgan fingerprint density at radius 1 is 1.13 bits per heavy atom. The van der Waals surface area contributed by atoms with Gasteiger partial charge in [-0.25, -0.2) is 10.5 Å². The van der Waals surface area contributed by atoms with Gasteiger partial charge in [-0.3, -0.25) is 24.5 Å². The number of aromatic nitrogens is 2. The van der Waals surface area contributed by atoms with Crippen LogP contribution in [0.2, 0.25) is 0 Å². The van der Waals surface area contributed by atoms with Crippen molar-refractivity contribution in [1.82, 2.24) is 20.9 Å². The SMILES string of the molecule is COc1cc([N+](=O)[O-])cc(/C=N\NC(=O)[C@H](NC(=O)c2ccccc2)c2n[nH]c(=O)c3ccccc23)c1O. The lowest BCUT2D eigenvalue weighted by Gasteiger charge is -2.18. The Kier molecular flexibility index (Phi) is 7.38. The summed E-state index contributed by atoms with van der Waals surface area (Å²) in [6.07, 6.45) is 0.983. The molecule has 13 heteroatoms. The molecule has 0 aliphatic rings. The van der Waals surface area contributed by atoms with E-state index in [1.54, 1.807) is 54.6 Å². The van der Waals surface area contributed by atoms with Gasteiger partial charge in [0.2, 0.25) is 0 Å². The summed E-state index contributed by atoms with van der Waals surface area (Å²) < 4.78 is 4.95. The van der Waals surface area contributed by atoms with Crippen LogP contribution in [0.15, 0.2) is 76.6 Å². The highest BCUT2D eigenvalue weighted by atomic mass is 16.6. The number of nitro benzene ring substituents is 1. The number of rotatable bonds is 8. The summed E-state index contributed by atoms with van der Waals surface area (Å²) in [6, 6.07) is 15.2. The highest BCUT2D eigenvalue weighted by Gasteiger charge is 2.27. The number of ether oxygens (including phenoxy) is 1. The molecule has 1 heterocycles. The van der Waals surface area contributed by atoms with E-state index in [1.165, 1.54) is 7.11 Å². The van der Waals surface area contributed by atoms with Gasteiger partial charge in [-0.05, 0) is 18.2 Å².